The number of rotatable bonds is 3. The molecule has 1 saturated carbocycles. The summed E-state index contributed by atoms with van der Waals surface area (Å²) >= 11 is 0. The molecule has 2 aromatic rings. The van der Waals surface area contributed by atoms with Crippen LogP contribution in [0.5, 0.6) is 0 Å². The Morgan fingerprint density at radius 3 is 2.79 bits per heavy atom. The van der Waals surface area contributed by atoms with Crippen molar-refractivity contribution < 1.29 is 14.3 Å². The largest absolute Gasteiger partial charge is 0.478 e. The van der Waals surface area contributed by atoms with Crippen LogP contribution < -0.4 is 0 Å². The maximum Gasteiger partial charge on any atom is 0.335 e. The number of benzene rings is 1. The summed E-state index contributed by atoms with van der Waals surface area (Å²) in [6.45, 7) is 0. The van der Waals surface area contributed by atoms with Gasteiger partial charge in [0.2, 0.25) is 11.8 Å². The molecule has 19 heavy (non-hydrogen) atoms. The van der Waals surface area contributed by atoms with Crippen LogP contribution in [0.1, 0.15) is 47.8 Å². The van der Waals surface area contributed by atoms with Crippen molar-refractivity contribution in [3.63, 3.8) is 0 Å². The van der Waals surface area contributed by atoms with Crippen LogP contribution >= 0.6 is 0 Å². The van der Waals surface area contributed by atoms with Crippen molar-refractivity contribution in [1.29, 1.82) is 0 Å². The van der Waals surface area contributed by atoms with Gasteiger partial charge in [-0.3, -0.25) is 0 Å². The molecule has 0 aliphatic heterocycles. The van der Waals surface area contributed by atoms with Crippen molar-refractivity contribution >= 4 is 5.97 Å². The lowest BCUT2D eigenvalue weighted by molar-refractivity contribution is 0.0697. The molecule has 5 heteroatoms. The molecule has 98 valence electrons. The smallest absolute Gasteiger partial charge is 0.335 e. The van der Waals surface area contributed by atoms with E-state index in [1.165, 1.54) is 12.8 Å². The second-order valence-corrected chi connectivity index (χ2v) is 4.81. The summed E-state index contributed by atoms with van der Waals surface area (Å²) in [6.07, 6.45) is 4.60. The van der Waals surface area contributed by atoms with Gasteiger partial charge in [0.05, 0.1) is 5.56 Å². The normalized spacial score (nSPS) is 15.8. The lowest BCUT2D eigenvalue weighted by Crippen LogP contribution is -1.95. The fourth-order valence-electron chi connectivity index (χ4n) is 2.47. The molecule has 0 radical (unpaired) electrons. The highest BCUT2D eigenvalue weighted by atomic mass is 16.4. The zero-order chi connectivity index (χ0) is 13.2. The number of hydrogen-bond acceptors (Lipinski definition) is 4. The number of aromatic carboxylic acids is 1. The molecule has 0 unspecified atom stereocenters. The number of nitrogens with zero attached hydrogens (tertiary/aromatic N) is 2. The first kappa shape index (κ1) is 11.9. The molecule has 1 aliphatic carbocycles. The van der Waals surface area contributed by atoms with Gasteiger partial charge < -0.3 is 9.52 Å². The van der Waals surface area contributed by atoms with Crippen molar-refractivity contribution in [2.75, 3.05) is 0 Å². The third-order valence-corrected chi connectivity index (χ3v) is 3.50. The van der Waals surface area contributed by atoms with Gasteiger partial charge in [0, 0.05) is 11.5 Å². The molecule has 0 spiro atoms. The molecule has 1 heterocycles. The molecule has 0 amide bonds. The van der Waals surface area contributed by atoms with Gasteiger partial charge >= 0.3 is 5.97 Å². The first-order valence-electron chi connectivity index (χ1n) is 6.41. The number of hydrogen-bond donors (Lipinski definition) is 1. The highest BCUT2D eigenvalue weighted by Crippen LogP contribution is 2.34. The van der Waals surface area contributed by atoms with E-state index < -0.39 is 5.97 Å². The Morgan fingerprint density at radius 1 is 1.26 bits per heavy atom. The van der Waals surface area contributed by atoms with Crippen molar-refractivity contribution in [3.8, 4) is 11.5 Å². The Hall–Kier alpha value is -2.17. The summed E-state index contributed by atoms with van der Waals surface area (Å²) in [4.78, 5) is 10.9. The highest BCUT2D eigenvalue weighted by Gasteiger charge is 2.23. The van der Waals surface area contributed by atoms with Crippen LogP contribution in [0.15, 0.2) is 28.7 Å². The summed E-state index contributed by atoms with van der Waals surface area (Å²) in [5, 5.41) is 17.1. The van der Waals surface area contributed by atoms with Gasteiger partial charge in [0.25, 0.3) is 0 Å². The van der Waals surface area contributed by atoms with Crippen LogP contribution in [0.3, 0.4) is 0 Å². The van der Waals surface area contributed by atoms with Crippen LogP contribution in [-0.2, 0) is 0 Å². The molecule has 1 fully saturated rings. The maximum atomic E-state index is 10.9. The van der Waals surface area contributed by atoms with Crippen LogP contribution in [0.25, 0.3) is 11.5 Å². The minimum atomic E-state index is -0.961. The average Bonchev–Trinajstić information content (AvgIpc) is 3.09. The van der Waals surface area contributed by atoms with E-state index in [9.17, 15) is 4.79 Å². The van der Waals surface area contributed by atoms with Gasteiger partial charge in [-0.25, -0.2) is 4.79 Å². The second kappa shape index (κ2) is 4.84. The van der Waals surface area contributed by atoms with Crippen LogP contribution in [0, 0.1) is 0 Å². The predicted octanol–water partition coefficient (Wildman–Crippen LogP) is 3.09. The molecule has 0 atom stereocenters. The maximum absolute atomic E-state index is 10.9. The monoisotopic (exact) mass is 258 g/mol. The fraction of sp³-hybridized carbons (Fsp3) is 0.357. The van der Waals surface area contributed by atoms with E-state index in [-0.39, 0.29) is 5.56 Å². The average molecular weight is 258 g/mol. The van der Waals surface area contributed by atoms with E-state index in [1.807, 2.05) is 0 Å². The summed E-state index contributed by atoms with van der Waals surface area (Å²) in [6, 6.07) is 6.55. The molecule has 5 nitrogen and oxygen atoms in total. The minimum Gasteiger partial charge on any atom is -0.478 e. The number of carboxylic acids is 1. The van der Waals surface area contributed by atoms with Crippen LogP contribution in [-0.4, -0.2) is 21.3 Å². The molecule has 0 bridgehead atoms. The molecule has 1 aromatic carbocycles. The van der Waals surface area contributed by atoms with Crippen molar-refractivity contribution in [2.45, 2.75) is 31.6 Å². The zero-order valence-electron chi connectivity index (χ0n) is 10.4. The van der Waals surface area contributed by atoms with E-state index in [0.29, 0.717) is 23.3 Å². The van der Waals surface area contributed by atoms with E-state index in [1.54, 1.807) is 24.3 Å². The van der Waals surface area contributed by atoms with E-state index in [4.69, 9.17) is 9.52 Å². The fourth-order valence-corrected chi connectivity index (χ4v) is 2.47. The third kappa shape index (κ3) is 2.36. The number of aromatic nitrogens is 2. The Kier molecular flexibility index (Phi) is 3.03. The van der Waals surface area contributed by atoms with Gasteiger partial charge in [0.15, 0.2) is 0 Å². The molecule has 1 aliphatic rings. The van der Waals surface area contributed by atoms with Crippen LogP contribution in [0.4, 0.5) is 0 Å². The van der Waals surface area contributed by atoms with Crippen molar-refractivity contribution in [1.82, 2.24) is 10.2 Å². The molecular weight excluding hydrogens is 244 g/mol. The Labute approximate surface area is 110 Å². The first-order valence-corrected chi connectivity index (χ1v) is 6.41. The van der Waals surface area contributed by atoms with Gasteiger partial charge in [-0.1, -0.05) is 18.9 Å². The van der Waals surface area contributed by atoms with Gasteiger partial charge in [-0.05, 0) is 31.0 Å². The molecule has 0 saturated heterocycles. The van der Waals surface area contributed by atoms with Gasteiger partial charge in [0.1, 0.15) is 0 Å². The lowest BCUT2D eigenvalue weighted by Gasteiger charge is -2.01. The van der Waals surface area contributed by atoms with Crippen molar-refractivity contribution in [2.24, 2.45) is 0 Å². The first-order chi connectivity index (χ1) is 9.24. The van der Waals surface area contributed by atoms with E-state index >= 15 is 0 Å². The predicted molar refractivity (Wildman–Crippen MR) is 67.9 cm³/mol. The summed E-state index contributed by atoms with van der Waals surface area (Å²) in [5.74, 6) is 0.472. The topological polar surface area (TPSA) is 76.2 Å². The summed E-state index contributed by atoms with van der Waals surface area (Å²) in [7, 11) is 0. The molecule has 1 aromatic heterocycles. The quantitative estimate of drug-likeness (QED) is 0.915. The Bertz CT molecular complexity index is 600. The van der Waals surface area contributed by atoms with Gasteiger partial charge in [-0.15, -0.1) is 10.2 Å². The van der Waals surface area contributed by atoms with E-state index in [2.05, 4.69) is 10.2 Å². The van der Waals surface area contributed by atoms with Crippen LogP contribution in [0.2, 0.25) is 0 Å². The zero-order valence-corrected chi connectivity index (χ0v) is 10.4. The second-order valence-electron chi connectivity index (χ2n) is 4.81. The lowest BCUT2D eigenvalue weighted by atomic mass is 10.1. The SMILES string of the molecule is O=C(O)c1cccc(-c2nnc(C3CCCC3)o2)c1. The summed E-state index contributed by atoms with van der Waals surface area (Å²) in [5.41, 5.74) is 0.870. The minimum absolute atomic E-state index is 0.220. The Morgan fingerprint density at radius 2 is 2.05 bits per heavy atom. The molecular formula is C14H14N2O3. The number of carbonyl (C=O) groups is 1. The van der Waals surface area contributed by atoms with Crippen molar-refractivity contribution in [3.05, 3.63) is 35.7 Å². The third-order valence-electron chi connectivity index (χ3n) is 3.50. The standard InChI is InChI=1S/C14H14N2O3/c17-14(18)11-7-3-6-10(8-11)13-16-15-12(19-13)9-4-1-2-5-9/h3,6-9H,1-2,4-5H2,(H,17,18). The molecule has 3 rings (SSSR count). The molecule has 1 N–H and O–H groups in total. The van der Waals surface area contributed by atoms with E-state index in [0.717, 1.165) is 12.8 Å². The Balaban J connectivity index is 1.89. The summed E-state index contributed by atoms with van der Waals surface area (Å²) < 4.78 is 5.67. The van der Waals surface area contributed by atoms with Gasteiger partial charge in [-0.2, -0.15) is 0 Å². The highest BCUT2D eigenvalue weighted by molar-refractivity contribution is 5.88. The number of carboxylic acid groups (broad SMARTS) is 1.